The number of hydrogen-bond donors (Lipinski definition) is 1. The first-order chi connectivity index (χ1) is 12.3. The molecule has 2 aromatic carbocycles. The fourth-order valence-electron chi connectivity index (χ4n) is 2.85. The molecular weight excluding hydrogens is 310 g/mol. The summed E-state index contributed by atoms with van der Waals surface area (Å²) in [5.74, 6) is -0.101. The van der Waals surface area contributed by atoms with Gasteiger partial charge >= 0.3 is 0 Å². The van der Waals surface area contributed by atoms with Crippen molar-refractivity contribution >= 4 is 5.78 Å². The average Bonchev–Trinajstić information content (AvgIpc) is 3.14. The molecule has 120 valence electrons. The van der Waals surface area contributed by atoms with Crippen LogP contribution in [0, 0.1) is 0 Å². The standard InChI is InChI=1S/C21H15N3O/c25-21(17-9-5-2-6-10-17)20-18(15-7-3-1-4-8-15)19(23-24-20)16-11-13-22-14-12-16/h1-14H,(H,23,24). The minimum Gasteiger partial charge on any atom is -0.287 e. The normalized spacial score (nSPS) is 10.6. The number of ketones is 1. The van der Waals surface area contributed by atoms with Gasteiger partial charge in [-0.1, -0.05) is 60.7 Å². The van der Waals surface area contributed by atoms with Gasteiger partial charge in [0.25, 0.3) is 0 Å². The van der Waals surface area contributed by atoms with Crippen LogP contribution in [-0.4, -0.2) is 21.0 Å². The molecular formula is C21H15N3O. The highest BCUT2D eigenvalue weighted by Crippen LogP contribution is 2.33. The summed E-state index contributed by atoms with van der Waals surface area (Å²) < 4.78 is 0. The van der Waals surface area contributed by atoms with Crippen LogP contribution in [0.25, 0.3) is 22.4 Å². The Bertz CT molecular complexity index is 993. The number of aromatic amines is 1. The van der Waals surface area contributed by atoms with Crippen molar-refractivity contribution in [2.24, 2.45) is 0 Å². The molecule has 4 aromatic rings. The van der Waals surface area contributed by atoms with Crippen LogP contribution in [0.15, 0.2) is 85.2 Å². The van der Waals surface area contributed by atoms with Gasteiger partial charge in [0.2, 0.25) is 5.78 Å². The molecule has 0 bridgehead atoms. The molecule has 0 aliphatic carbocycles. The Morgan fingerprint density at radius 2 is 1.40 bits per heavy atom. The maximum atomic E-state index is 13.0. The lowest BCUT2D eigenvalue weighted by Gasteiger charge is -2.06. The number of benzene rings is 2. The lowest BCUT2D eigenvalue weighted by Crippen LogP contribution is -2.03. The van der Waals surface area contributed by atoms with E-state index in [4.69, 9.17) is 0 Å². The van der Waals surface area contributed by atoms with Crippen LogP contribution in [0.3, 0.4) is 0 Å². The third-order valence-corrected chi connectivity index (χ3v) is 4.05. The first-order valence-corrected chi connectivity index (χ1v) is 7.98. The van der Waals surface area contributed by atoms with Crippen molar-refractivity contribution in [2.45, 2.75) is 0 Å². The summed E-state index contributed by atoms with van der Waals surface area (Å²) >= 11 is 0. The molecule has 0 amide bonds. The van der Waals surface area contributed by atoms with Crippen molar-refractivity contribution in [3.63, 3.8) is 0 Å². The molecule has 0 saturated carbocycles. The molecule has 0 spiro atoms. The summed E-state index contributed by atoms with van der Waals surface area (Å²) in [4.78, 5) is 17.1. The number of carbonyl (C=O) groups is 1. The molecule has 0 fully saturated rings. The zero-order valence-electron chi connectivity index (χ0n) is 13.4. The highest BCUT2D eigenvalue weighted by molar-refractivity contribution is 6.13. The Balaban J connectivity index is 1.91. The Morgan fingerprint density at radius 3 is 2.08 bits per heavy atom. The molecule has 4 rings (SSSR count). The number of rotatable bonds is 4. The van der Waals surface area contributed by atoms with E-state index in [1.807, 2.05) is 60.7 Å². The van der Waals surface area contributed by atoms with Gasteiger partial charge in [-0.05, 0) is 17.7 Å². The largest absolute Gasteiger partial charge is 0.287 e. The van der Waals surface area contributed by atoms with Crippen LogP contribution in [0.2, 0.25) is 0 Å². The molecule has 0 radical (unpaired) electrons. The van der Waals surface area contributed by atoms with Crippen molar-refractivity contribution in [1.82, 2.24) is 15.2 Å². The maximum absolute atomic E-state index is 13.0. The molecule has 25 heavy (non-hydrogen) atoms. The van der Waals surface area contributed by atoms with Crippen molar-refractivity contribution in [1.29, 1.82) is 0 Å². The van der Waals surface area contributed by atoms with Gasteiger partial charge in [0, 0.05) is 29.1 Å². The van der Waals surface area contributed by atoms with E-state index in [1.165, 1.54) is 0 Å². The summed E-state index contributed by atoms with van der Waals surface area (Å²) in [7, 11) is 0. The molecule has 0 unspecified atom stereocenters. The van der Waals surface area contributed by atoms with Gasteiger partial charge in [0.05, 0.1) is 5.69 Å². The van der Waals surface area contributed by atoms with E-state index in [9.17, 15) is 4.79 Å². The summed E-state index contributed by atoms with van der Waals surface area (Å²) in [5.41, 5.74) is 4.54. The van der Waals surface area contributed by atoms with E-state index in [0.717, 1.165) is 22.4 Å². The van der Waals surface area contributed by atoms with E-state index in [1.54, 1.807) is 24.5 Å². The minimum atomic E-state index is -0.101. The second kappa shape index (κ2) is 6.53. The third-order valence-electron chi connectivity index (χ3n) is 4.05. The van der Waals surface area contributed by atoms with E-state index >= 15 is 0 Å². The Morgan fingerprint density at radius 1 is 0.760 bits per heavy atom. The topological polar surface area (TPSA) is 58.6 Å². The first-order valence-electron chi connectivity index (χ1n) is 7.98. The molecule has 4 nitrogen and oxygen atoms in total. The molecule has 0 saturated heterocycles. The summed E-state index contributed by atoms with van der Waals surface area (Å²) in [5, 5.41) is 7.39. The zero-order valence-corrected chi connectivity index (χ0v) is 13.4. The van der Waals surface area contributed by atoms with Gasteiger partial charge in [-0.15, -0.1) is 0 Å². The fraction of sp³-hybridized carbons (Fsp3) is 0. The lowest BCUT2D eigenvalue weighted by molar-refractivity contribution is 0.103. The van der Waals surface area contributed by atoms with Crippen molar-refractivity contribution < 1.29 is 4.79 Å². The number of hydrogen-bond acceptors (Lipinski definition) is 3. The van der Waals surface area contributed by atoms with Gasteiger partial charge in [-0.3, -0.25) is 14.9 Å². The quantitative estimate of drug-likeness (QED) is 0.567. The van der Waals surface area contributed by atoms with E-state index in [2.05, 4.69) is 15.2 Å². The number of aromatic nitrogens is 3. The zero-order chi connectivity index (χ0) is 17.1. The number of H-pyrrole nitrogens is 1. The van der Waals surface area contributed by atoms with Crippen LogP contribution in [0.5, 0.6) is 0 Å². The third kappa shape index (κ3) is 2.85. The second-order valence-electron chi connectivity index (χ2n) is 5.62. The summed E-state index contributed by atoms with van der Waals surface area (Å²) in [6, 6.07) is 22.8. The van der Waals surface area contributed by atoms with Gasteiger partial charge in [-0.25, -0.2) is 0 Å². The van der Waals surface area contributed by atoms with E-state index < -0.39 is 0 Å². The van der Waals surface area contributed by atoms with Gasteiger partial charge < -0.3 is 0 Å². The minimum absolute atomic E-state index is 0.101. The van der Waals surface area contributed by atoms with Crippen LogP contribution in [0.1, 0.15) is 16.1 Å². The number of nitrogens with zero attached hydrogens (tertiary/aromatic N) is 2. The predicted octanol–water partition coefficient (Wildman–Crippen LogP) is 4.37. The fourth-order valence-corrected chi connectivity index (χ4v) is 2.85. The van der Waals surface area contributed by atoms with E-state index in [0.29, 0.717) is 11.3 Å². The molecule has 2 aromatic heterocycles. The first kappa shape index (κ1) is 15.0. The molecule has 0 aliphatic rings. The number of carbonyl (C=O) groups excluding carboxylic acids is 1. The predicted molar refractivity (Wildman–Crippen MR) is 97.1 cm³/mol. The average molecular weight is 325 g/mol. The van der Waals surface area contributed by atoms with Crippen LogP contribution in [0.4, 0.5) is 0 Å². The Hall–Kier alpha value is -3.53. The van der Waals surface area contributed by atoms with Crippen LogP contribution in [-0.2, 0) is 0 Å². The van der Waals surface area contributed by atoms with Crippen LogP contribution >= 0.6 is 0 Å². The highest BCUT2D eigenvalue weighted by atomic mass is 16.1. The monoisotopic (exact) mass is 325 g/mol. The maximum Gasteiger partial charge on any atom is 0.213 e. The number of nitrogens with one attached hydrogen (secondary N) is 1. The highest BCUT2D eigenvalue weighted by Gasteiger charge is 2.22. The Kier molecular flexibility index (Phi) is 3.92. The SMILES string of the molecule is O=C(c1ccccc1)c1n[nH]c(-c2ccncc2)c1-c1ccccc1. The molecule has 2 heterocycles. The molecule has 0 aliphatic heterocycles. The van der Waals surface area contributed by atoms with Gasteiger partial charge in [0.15, 0.2) is 0 Å². The lowest BCUT2D eigenvalue weighted by atomic mass is 9.96. The van der Waals surface area contributed by atoms with Crippen molar-refractivity contribution in [3.05, 3.63) is 96.4 Å². The second-order valence-corrected chi connectivity index (χ2v) is 5.62. The molecule has 4 heteroatoms. The molecule has 0 atom stereocenters. The molecule has 1 N–H and O–H groups in total. The van der Waals surface area contributed by atoms with E-state index in [-0.39, 0.29) is 5.78 Å². The smallest absolute Gasteiger partial charge is 0.213 e. The summed E-state index contributed by atoms with van der Waals surface area (Å²) in [6.07, 6.45) is 3.45. The van der Waals surface area contributed by atoms with Gasteiger partial charge in [0.1, 0.15) is 5.69 Å². The number of pyridine rings is 1. The van der Waals surface area contributed by atoms with Crippen LogP contribution < -0.4 is 0 Å². The van der Waals surface area contributed by atoms with Crippen molar-refractivity contribution in [2.75, 3.05) is 0 Å². The summed E-state index contributed by atoms with van der Waals surface area (Å²) in [6.45, 7) is 0. The Labute approximate surface area is 145 Å². The van der Waals surface area contributed by atoms with Crippen molar-refractivity contribution in [3.8, 4) is 22.4 Å². The van der Waals surface area contributed by atoms with Gasteiger partial charge in [-0.2, -0.15) is 5.10 Å².